The second-order valence-electron chi connectivity index (χ2n) is 5.45. The van der Waals surface area contributed by atoms with Crippen molar-refractivity contribution >= 4 is 11.7 Å². The highest BCUT2D eigenvalue weighted by molar-refractivity contribution is 5.95. The largest absolute Gasteiger partial charge is 0.383 e. The molecule has 0 saturated heterocycles. The lowest BCUT2D eigenvalue weighted by molar-refractivity contribution is 0.0110. The predicted octanol–water partition coefficient (Wildman–Crippen LogP) is 1.33. The van der Waals surface area contributed by atoms with Crippen LogP contribution in [-0.2, 0) is 11.3 Å². The maximum absolute atomic E-state index is 11.0. The molecule has 1 heterocycles. The maximum atomic E-state index is 11.0. The number of imidazole rings is 1. The molecule has 0 unspecified atom stereocenters. The van der Waals surface area contributed by atoms with Gasteiger partial charge < -0.3 is 20.8 Å². The number of amides is 1. The van der Waals surface area contributed by atoms with Gasteiger partial charge in [0.05, 0.1) is 18.5 Å². The van der Waals surface area contributed by atoms with Crippen molar-refractivity contribution in [1.82, 2.24) is 9.55 Å². The number of anilines is 1. The zero-order valence-electron chi connectivity index (χ0n) is 11.9. The summed E-state index contributed by atoms with van der Waals surface area (Å²) in [7, 11) is 0. The van der Waals surface area contributed by atoms with Crippen molar-refractivity contribution < 1.29 is 9.53 Å². The minimum Gasteiger partial charge on any atom is -0.383 e. The molecular weight excluding hydrogens is 244 g/mol. The molecule has 1 rings (SSSR count). The molecule has 6 nitrogen and oxygen atoms in total. The van der Waals surface area contributed by atoms with Gasteiger partial charge in [0.15, 0.2) is 5.69 Å². The van der Waals surface area contributed by atoms with Crippen LogP contribution in [0.2, 0.25) is 0 Å². The van der Waals surface area contributed by atoms with Crippen LogP contribution in [0.3, 0.4) is 0 Å². The molecule has 0 aliphatic rings. The van der Waals surface area contributed by atoms with Crippen molar-refractivity contribution in [2.24, 2.45) is 5.73 Å². The van der Waals surface area contributed by atoms with Gasteiger partial charge in [-0.15, -0.1) is 0 Å². The average molecular weight is 266 g/mol. The first-order chi connectivity index (χ1) is 8.70. The fourth-order valence-electron chi connectivity index (χ4n) is 1.37. The van der Waals surface area contributed by atoms with Gasteiger partial charge in [-0.2, -0.15) is 0 Å². The van der Waals surface area contributed by atoms with Gasteiger partial charge in [-0.25, -0.2) is 4.98 Å². The molecule has 0 aromatic carbocycles. The Morgan fingerprint density at radius 2 is 2.16 bits per heavy atom. The van der Waals surface area contributed by atoms with E-state index in [-0.39, 0.29) is 17.1 Å². The number of rotatable bonds is 5. The van der Waals surface area contributed by atoms with Gasteiger partial charge in [0.2, 0.25) is 0 Å². The van der Waals surface area contributed by atoms with E-state index < -0.39 is 5.91 Å². The van der Waals surface area contributed by atoms with Crippen molar-refractivity contribution in [2.45, 2.75) is 39.8 Å². The molecule has 4 N–H and O–H groups in total. The molecule has 6 heteroatoms. The maximum Gasteiger partial charge on any atom is 0.271 e. The van der Waals surface area contributed by atoms with Crippen LogP contribution >= 0.6 is 0 Å². The van der Waals surface area contributed by atoms with Crippen molar-refractivity contribution in [3.63, 3.8) is 0 Å². The number of ether oxygens (including phenoxy) is 1. The third-order valence-electron chi connectivity index (χ3n) is 2.48. The van der Waals surface area contributed by atoms with Gasteiger partial charge in [-0.05, 0) is 27.7 Å². The van der Waals surface area contributed by atoms with E-state index in [1.54, 1.807) is 4.57 Å². The van der Waals surface area contributed by atoms with Gasteiger partial charge in [0.1, 0.15) is 5.82 Å². The second-order valence-corrected chi connectivity index (χ2v) is 5.45. The molecule has 0 radical (unpaired) electrons. The van der Waals surface area contributed by atoms with Crippen molar-refractivity contribution in [1.29, 1.82) is 0 Å². The number of hydrogen-bond donors (Lipinski definition) is 2. The fourth-order valence-corrected chi connectivity index (χ4v) is 1.37. The van der Waals surface area contributed by atoms with Gasteiger partial charge >= 0.3 is 0 Å². The molecule has 0 spiro atoms. The molecule has 0 aliphatic carbocycles. The van der Waals surface area contributed by atoms with Crippen LogP contribution in [-0.4, -0.2) is 27.7 Å². The number of allylic oxidation sites excluding steroid dienone is 1. The Balaban J connectivity index is 2.63. The Hall–Kier alpha value is -1.82. The molecule has 0 atom stereocenters. The highest BCUT2D eigenvalue weighted by Crippen LogP contribution is 2.11. The number of carbonyl (C=O) groups is 1. The van der Waals surface area contributed by atoms with Crippen LogP contribution in [0, 0.1) is 0 Å². The van der Waals surface area contributed by atoms with Gasteiger partial charge in [-0.1, -0.05) is 11.6 Å². The van der Waals surface area contributed by atoms with E-state index in [1.807, 2.05) is 33.8 Å². The third-order valence-corrected chi connectivity index (χ3v) is 2.48. The summed E-state index contributed by atoms with van der Waals surface area (Å²) in [6.45, 7) is 9.09. The minimum absolute atomic E-state index is 0.108. The Bertz CT molecular complexity index is 483. The van der Waals surface area contributed by atoms with Crippen LogP contribution in [0.1, 0.15) is 38.2 Å². The quantitative estimate of drug-likeness (QED) is 0.786. The smallest absolute Gasteiger partial charge is 0.271 e. The molecule has 0 saturated carbocycles. The molecule has 0 aliphatic heterocycles. The van der Waals surface area contributed by atoms with Crippen LogP contribution in [0.25, 0.3) is 0 Å². The van der Waals surface area contributed by atoms with E-state index in [9.17, 15) is 4.79 Å². The highest BCUT2D eigenvalue weighted by Gasteiger charge is 2.12. The normalized spacial score (nSPS) is 12.7. The van der Waals surface area contributed by atoms with E-state index in [0.29, 0.717) is 13.2 Å². The zero-order valence-corrected chi connectivity index (χ0v) is 11.9. The first-order valence-electron chi connectivity index (χ1n) is 6.10. The molecule has 1 aromatic heterocycles. The number of nitrogen functional groups attached to an aromatic ring is 1. The van der Waals surface area contributed by atoms with Gasteiger partial charge in [0, 0.05) is 6.54 Å². The Morgan fingerprint density at radius 1 is 1.53 bits per heavy atom. The zero-order chi connectivity index (χ0) is 14.6. The molecule has 106 valence electrons. The third kappa shape index (κ3) is 4.75. The summed E-state index contributed by atoms with van der Waals surface area (Å²) in [5, 5.41) is 0. The standard InChI is InChI=1S/C13H22N4O2/c1-9(7-19-13(2,3)4)5-6-17-8-16-10(11(17)14)12(15)18/h5,8H,6-7,14H2,1-4H3,(H2,15,18)/b9-5+. The SMILES string of the molecule is C/C(=C\Cn1cnc(C(N)=O)c1N)COC(C)(C)C. The summed E-state index contributed by atoms with van der Waals surface area (Å²) >= 11 is 0. The van der Waals surface area contributed by atoms with Gasteiger partial charge in [0.25, 0.3) is 5.91 Å². The Morgan fingerprint density at radius 3 is 2.63 bits per heavy atom. The van der Waals surface area contributed by atoms with E-state index in [0.717, 1.165) is 5.57 Å². The lowest BCUT2D eigenvalue weighted by Gasteiger charge is -2.19. The summed E-state index contributed by atoms with van der Waals surface area (Å²) in [4.78, 5) is 14.9. The lowest BCUT2D eigenvalue weighted by Crippen LogP contribution is -2.20. The van der Waals surface area contributed by atoms with Crippen molar-refractivity contribution in [3.05, 3.63) is 23.7 Å². The topological polar surface area (TPSA) is 96.2 Å². The number of hydrogen-bond acceptors (Lipinski definition) is 4. The van der Waals surface area contributed by atoms with Crippen LogP contribution in [0.5, 0.6) is 0 Å². The summed E-state index contributed by atoms with van der Waals surface area (Å²) in [6, 6.07) is 0. The molecule has 19 heavy (non-hydrogen) atoms. The van der Waals surface area contributed by atoms with E-state index in [4.69, 9.17) is 16.2 Å². The molecule has 0 fully saturated rings. The van der Waals surface area contributed by atoms with Crippen LogP contribution in [0.15, 0.2) is 18.0 Å². The highest BCUT2D eigenvalue weighted by atomic mass is 16.5. The number of nitrogens with two attached hydrogens (primary N) is 2. The average Bonchev–Trinajstić information content (AvgIpc) is 2.64. The summed E-state index contributed by atoms with van der Waals surface area (Å²) in [5.41, 5.74) is 12.0. The van der Waals surface area contributed by atoms with Crippen LogP contribution in [0.4, 0.5) is 5.82 Å². The predicted molar refractivity (Wildman–Crippen MR) is 74.6 cm³/mol. The van der Waals surface area contributed by atoms with E-state index in [2.05, 4.69) is 4.98 Å². The molecule has 1 aromatic rings. The first-order valence-corrected chi connectivity index (χ1v) is 6.10. The lowest BCUT2D eigenvalue weighted by atomic mass is 10.2. The van der Waals surface area contributed by atoms with Crippen molar-refractivity contribution in [2.75, 3.05) is 12.3 Å². The number of aromatic nitrogens is 2. The minimum atomic E-state index is -0.618. The monoisotopic (exact) mass is 266 g/mol. The van der Waals surface area contributed by atoms with E-state index >= 15 is 0 Å². The van der Waals surface area contributed by atoms with Crippen LogP contribution < -0.4 is 11.5 Å². The number of nitrogens with zero attached hydrogens (tertiary/aromatic N) is 2. The Labute approximate surface area is 113 Å². The van der Waals surface area contributed by atoms with Gasteiger partial charge in [-0.3, -0.25) is 4.79 Å². The molecule has 1 amide bonds. The molecule has 0 bridgehead atoms. The number of carbonyl (C=O) groups excluding carboxylic acids is 1. The van der Waals surface area contributed by atoms with E-state index in [1.165, 1.54) is 6.33 Å². The first kappa shape index (κ1) is 15.2. The number of primary amides is 1. The summed E-state index contributed by atoms with van der Waals surface area (Å²) in [5.74, 6) is -0.332. The summed E-state index contributed by atoms with van der Waals surface area (Å²) < 4.78 is 7.32. The second kappa shape index (κ2) is 5.88. The Kier molecular flexibility index (Phi) is 4.72. The fraction of sp³-hybridized carbons (Fsp3) is 0.538. The summed E-state index contributed by atoms with van der Waals surface area (Å²) in [6.07, 6.45) is 3.48. The van der Waals surface area contributed by atoms with Crippen molar-refractivity contribution in [3.8, 4) is 0 Å². The molecular formula is C13H22N4O2.